The third-order valence-electron chi connectivity index (χ3n) is 4.72. The van der Waals surface area contributed by atoms with E-state index in [2.05, 4.69) is 0 Å². The maximum Gasteiger partial charge on any atom is 0.254 e. The first-order chi connectivity index (χ1) is 13.1. The van der Waals surface area contributed by atoms with Crippen LogP contribution in [0.4, 0.5) is 0 Å². The van der Waals surface area contributed by atoms with Gasteiger partial charge in [0.15, 0.2) is 23.0 Å². The zero-order valence-electron chi connectivity index (χ0n) is 16.2. The minimum absolute atomic E-state index is 0.0287. The average Bonchev–Trinajstić information content (AvgIpc) is 2.71. The van der Waals surface area contributed by atoms with Crippen LogP contribution in [0.2, 0.25) is 0 Å². The number of ether oxygens (including phenoxy) is 4. The highest BCUT2D eigenvalue weighted by molar-refractivity contribution is 5.95. The summed E-state index contributed by atoms with van der Waals surface area (Å²) in [7, 11) is 4.83. The van der Waals surface area contributed by atoms with Crippen LogP contribution in [0.25, 0.3) is 0 Å². The normalized spacial score (nSPS) is 13.0. The topological polar surface area (TPSA) is 57.2 Å². The van der Waals surface area contributed by atoms with Crippen molar-refractivity contribution in [2.75, 3.05) is 34.5 Å². The van der Waals surface area contributed by atoms with Gasteiger partial charge < -0.3 is 23.8 Å². The summed E-state index contributed by atoms with van der Waals surface area (Å²) in [5.74, 6) is 2.56. The lowest BCUT2D eigenvalue weighted by atomic mass is 9.98. The number of carbonyl (C=O) groups excluding carboxylic acids is 1. The molecule has 1 heterocycles. The molecule has 3 rings (SSSR count). The first-order valence-electron chi connectivity index (χ1n) is 8.95. The fraction of sp³-hybridized carbons (Fsp3) is 0.381. The molecule has 0 saturated heterocycles. The maximum absolute atomic E-state index is 13.0. The van der Waals surface area contributed by atoms with Gasteiger partial charge in [0, 0.05) is 18.7 Å². The van der Waals surface area contributed by atoms with Crippen molar-refractivity contribution in [3.8, 4) is 23.0 Å². The molecule has 0 fully saturated rings. The summed E-state index contributed by atoms with van der Waals surface area (Å²) in [6.45, 7) is 3.59. The molecule has 0 spiro atoms. The summed E-state index contributed by atoms with van der Waals surface area (Å²) in [6.07, 6.45) is 0.774. The van der Waals surface area contributed by atoms with Gasteiger partial charge in [-0.3, -0.25) is 4.79 Å². The third kappa shape index (κ3) is 3.79. The number of rotatable bonds is 6. The Morgan fingerprint density at radius 2 is 1.59 bits per heavy atom. The standard InChI is InChI=1S/C21H25NO5/c1-5-27-20-11-15(6-7-17(20)24-2)21(23)22-9-8-14-10-18(25-3)19(26-4)12-16(14)13-22/h6-7,10-12H,5,8-9,13H2,1-4H3. The molecule has 0 unspecified atom stereocenters. The molecule has 0 atom stereocenters. The second-order valence-electron chi connectivity index (χ2n) is 6.25. The molecule has 2 aromatic carbocycles. The van der Waals surface area contributed by atoms with E-state index < -0.39 is 0 Å². The molecule has 0 saturated carbocycles. The van der Waals surface area contributed by atoms with Crippen LogP contribution >= 0.6 is 0 Å². The monoisotopic (exact) mass is 371 g/mol. The van der Waals surface area contributed by atoms with Crippen molar-refractivity contribution in [1.82, 2.24) is 4.90 Å². The Kier molecular flexibility index (Phi) is 5.74. The van der Waals surface area contributed by atoms with E-state index in [1.807, 2.05) is 24.0 Å². The number of amides is 1. The van der Waals surface area contributed by atoms with E-state index in [9.17, 15) is 4.79 Å². The number of carbonyl (C=O) groups is 1. The Labute approximate surface area is 159 Å². The summed E-state index contributed by atoms with van der Waals surface area (Å²) < 4.78 is 21.7. The van der Waals surface area contributed by atoms with Crippen LogP contribution in [0.1, 0.15) is 28.4 Å². The fourth-order valence-corrected chi connectivity index (χ4v) is 3.32. The van der Waals surface area contributed by atoms with E-state index in [1.54, 1.807) is 39.5 Å². The SMILES string of the molecule is CCOc1cc(C(=O)N2CCc3cc(OC)c(OC)cc3C2)ccc1OC. The smallest absolute Gasteiger partial charge is 0.254 e. The third-order valence-corrected chi connectivity index (χ3v) is 4.72. The average molecular weight is 371 g/mol. The Hall–Kier alpha value is -2.89. The minimum atomic E-state index is -0.0287. The second kappa shape index (κ2) is 8.20. The first kappa shape index (κ1) is 18.9. The molecule has 6 nitrogen and oxygen atoms in total. The Bertz CT molecular complexity index is 834. The number of nitrogens with zero attached hydrogens (tertiary/aromatic N) is 1. The summed E-state index contributed by atoms with van der Waals surface area (Å²) in [5, 5.41) is 0. The van der Waals surface area contributed by atoms with Crippen molar-refractivity contribution in [3.63, 3.8) is 0 Å². The van der Waals surface area contributed by atoms with Gasteiger partial charge in [0.25, 0.3) is 5.91 Å². The fourth-order valence-electron chi connectivity index (χ4n) is 3.32. The molecule has 0 aliphatic carbocycles. The van der Waals surface area contributed by atoms with Gasteiger partial charge in [-0.1, -0.05) is 0 Å². The maximum atomic E-state index is 13.0. The highest BCUT2D eigenvalue weighted by Gasteiger charge is 2.24. The van der Waals surface area contributed by atoms with Gasteiger partial charge in [-0.05, 0) is 54.8 Å². The van der Waals surface area contributed by atoms with E-state index in [0.717, 1.165) is 12.0 Å². The Morgan fingerprint density at radius 3 is 2.22 bits per heavy atom. The van der Waals surface area contributed by atoms with Gasteiger partial charge in [-0.2, -0.15) is 0 Å². The van der Waals surface area contributed by atoms with Crippen molar-refractivity contribution in [1.29, 1.82) is 0 Å². The second-order valence-corrected chi connectivity index (χ2v) is 6.25. The Balaban J connectivity index is 1.84. The summed E-state index contributed by atoms with van der Waals surface area (Å²) in [6, 6.07) is 9.23. The van der Waals surface area contributed by atoms with E-state index >= 15 is 0 Å². The number of hydrogen-bond acceptors (Lipinski definition) is 5. The van der Waals surface area contributed by atoms with Gasteiger partial charge in [0.1, 0.15) is 0 Å². The lowest BCUT2D eigenvalue weighted by Crippen LogP contribution is -2.36. The van der Waals surface area contributed by atoms with Crippen LogP contribution in [0.5, 0.6) is 23.0 Å². The lowest BCUT2D eigenvalue weighted by Gasteiger charge is -2.30. The van der Waals surface area contributed by atoms with Crippen LogP contribution < -0.4 is 18.9 Å². The van der Waals surface area contributed by atoms with Crippen LogP contribution in [0, 0.1) is 0 Å². The van der Waals surface area contributed by atoms with Crippen molar-refractivity contribution < 1.29 is 23.7 Å². The zero-order valence-corrected chi connectivity index (χ0v) is 16.2. The first-order valence-corrected chi connectivity index (χ1v) is 8.95. The molecule has 144 valence electrons. The van der Waals surface area contributed by atoms with Crippen LogP contribution in [0.3, 0.4) is 0 Å². The van der Waals surface area contributed by atoms with Crippen LogP contribution in [0.15, 0.2) is 30.3 Å². The molecular formula is C21H25NO5. The predicted octanol–water partition coefficient (Wildman–Crippen LogP) is 3.31. The molecule has 6 heteroatoms. The van der Waals surface area contributed by atoms with Crippen molar-refractivity contribution in [2.45, 2.75) is 19.9 Å². The number of hydrogen-bond donors (Lipinski definition) is 0. The Morgan fingerprint density at radius 1 is 0.926 bits per heavy atom. The molecule has 27 heavy (non-hydrogen) atoms. The molecule has 0 aromatic heterocycles. The van der Waals surface area contributed by atoms with Gasteiger partial charge in [0.05, 0.1) is 27.9 Å². The van der Waals surface area contributed by atoms with Gasteiger partial charge in [-0.25, -0.2) is 0 Å². The van der Waals surface area contributed by atoms with E-state index in [-0.39, 0.29) is 5.91 Å². The van der Waals surface area contributed by atoms with Crippen molar-refractivity contribution in [3.05, 3.63) is 47.0 Å². The molecular weight excluding hydrogens is 346 g/mol. The molecule has 0 radical (unpaired) electrons. The highest BCUT2D eigenvalue weighted by atomic mass is 16.5. The summed E-state index contributed by atoms with van der Waals surface area (Å²) in [5.41, 5.74) is 2.84. The van der Waals surface area contributed by atoms with Gasteiger partial charge in [0.2, 0.25) is 0 Å². The molecule has 1 aliphatic rings. The summed E-state index contributed by atoms with van der Waals surface area (Å²) in [4.78, 5) is 14.9. The highest BCUT2D eigenvalue weighted by Crippen LogP contribution is 2.34. The van der Waals surface area contributed by atoms with E-state index in [4.69, 9.17) is 18.9 Å². The largest absolute Gasteiger partial charge is 0.493 e. The number of fused-ring (bicyclic) bond motifs is 1. The van der Waals surface area contributed by atoms with Crippen molar-refractivity contribution in [2.24, 2.45) is 0 Å². The van der Waals surface area contributed by atoms with Crippen LogP contribution in [-0.4, -0.2) is 45.3 Å². The van der Waals surface area contributed by atoms with Gasteiger partial charge >= 0.3 is 0 Å². The summed E-state index contributed by atoms with van der Waals surface area (Å²) >= 11 is 0. The number of benzene rings is 2. The van der Waals surface area contributed by atoms with Crippen molar-refractivity contribution >= 4 is 5.91 Å². The quantitative estimate of drug-likeness (QED) is 0.780. The zero-order chi connectivity index (χ0) is 19.4. The molecule has 0 bridgehead atoms. The number of methoxy groups -OCH3 is 3. The molecule has 1 amide bonds. The van der Waals surface area contributed by atoms with Gasteiger partial charge in [-0.15, -0.1) is 0 Å². The van der Waals surface area contributed by atoms with Crippen LogP contribution in [-0.2, 0) is 13.0 Å². The van der Waals surface area contributed by atoms with E-state index in [1.165, 1.54) is 5.56 Å². The molecule has 2 aromatic rings. The molecule has 1 aliphatic heterocycles. The minimum Gasteiger partial charge on any atom is -0.493 e. The predicted molar refractivity (Wildman–Crippen MR) is 102 cm³/mol. The molecule has 0 N–H and O–H groups in total. The lowest BCUT2D eigenvalue weighted by molar-refractivity contribution is 0.0734. The van der Waals surface area contributed by atoms with E-state index in [0.29, 0.717) is 48.3 Å².